The first kappa shape index (κ1) is 18.3. The molecule has 3 heterocycles. The fraction of sp³-hybridized carbons (Fsp3) is 0.706. The summed E-state index contributed by atoms with van der Waals surface area (Å²) in [5, 5.41) is 4.60. The van der Waals surface area contributed by atoms with Crippen LogP contribution in [0.3, 0.4) is 0 Å². The molecule has 0 spiro atoms. The van der Waals surface area contributed by atoms with Crippen molar-refractivity contribution in [3.8, 4) is 0 Å². The Morgan fingerprint density at radius 1 is 1.15 bits per heavy atom. The number of rotatable bonds is 2. The number of aromatic nitrogens is 2. The van der Waals surface area contributed by atoms with E-state index in [1.807, 2.05) is 34.7 Å². The maximum absolute atomic E-state index is 12.2. The highest BCUT2D eigenvalue weighted by molar-refractivity contribution is 5.94. The van der Waals surface area contributed by atoms with Crippen molar-refractivity contribution in [1.29, 1.82) is 0 Å². The van der Waals surface area contributed by atoms with Crippen LogP contribution in [0, 0.1) is 6.92 Å². The molecule has 0 unspecified atom stereocenters. The van der Waals surface area contributed by atoms with Crippen molar-refractivity contribution >= 4 is 23.7 Å². The summed E-state index contributed by atoms with van der Waals surface area (Å²) in [7, 11) is 1.86. The van der Waals surface area contributed by atoms with E-state index < -0.39 is 5.60 Å². The van der Waals surface area contributed by atoms with E-state index in [2.05, 4.69) is 10.00 Å². The Labute approximate surface area is 153 Å². The van der Waals surface area contributed by atoms with Gasteiger partial charge in [0.15, 0.2) is 5.82 Å². The van der Waals surface area contributed by atoms with Crippen LogP contribution >= 0.6 is 0 Å². The van der Waals surface area contributed by atoms with Gasteiger partial charge in [-0.1, -0.05) is 0 Å². The Bertz CT molecular complexity index is 701. The number of anilines is 2. The van der Waals surface area contributed by atoms with E-state index in [9.17, 15) is 9.59 Å². The Hall–Kier alpha value is -2.45. The predicted octanol–water partition coefficient (Wildman–Crippen LogP) is 1.74. The van der Waals surface area contributed by atoms with Crippen molar-refractivity contribution in [2.75, 3.05) is 49.1 Å². The van der Waals surface area contributed by atoms with E-state index in [0.717, 1.165) is 17.2 Å². The lowest BCUT2D eigenvalue weighted by atomic mass is 10.2. The van der Waals surface area contributed by atoms with E-state index >= 15 is 0 Å². The van der Waals surface area contributed by atoms with Gasteiger partial charge >= 0.3 is 12.2 Å². The van der Waals surface area contributed by atoms with Crippen molar-refractivity contribution in [2.45, 2.75) is 33.3 Å². The van der Waals surface area contributed by atoms with Crippen LogP contribution in [-0.4, -0.2) is 71.8 Å². The van der Waals surface area contributed by atoms with Crippen LogP contribution in [0.1, 0.15) is 26.5 Å². The minimum atomic E-state index is -0.504. The van der Waals surface area contributed by atoms with Gasteiger partial charge in [0.1, 0.15) is 17.9 Å². The van der Waals surface area contributed by atoms with Crippen LogP contribution in [0.15, 0.2) is 0 Å². The zero-order valence-corrected chi connectivity index (χ0v) is 16.1. The van der Waals surface area contributed by atoms with Gasteiger partial charge in [0.2, 0.25) is 0 Å². The molecule has 2 fully saturated rings. The molecule has 9 heteroatoms. The number of carbonyl (C=O) groups excluding carboxylic acids is 2. The van der Waals surface area contributed by atoms with Crippen molar-refractivity contribution in [3.05, 3.63) is 5.69 Å². The molecule has 2 aliphatic heterocycles. The Morgan fingerprint density at radius 2 is 1.81 bits per heavy atom. The van der Waals surface area contributed by atoms with Gasteiger partial charge in [-0.05, 0) is 27.7 Å². The molecule has 2 saturated heterocycles. The van der Waals surface area contributed by atoms with E-state index in [0.29, 0.717) is 39.3 Å². The maximum atomic E-state index is 12.2. The highest BCUT2D eigenvalue weighted by Gasteiger charge is 2.34. The van der Waals surface area contributed by atoms with E-state index in [1.165, 1.54) is 0 Å². The molecule has 0 bridgehead atoms. The lowest BCUT2D eigenvalue weighted by Gasteiger charge is -2.36. The molecule has 0 N–H and O–H groups in total. The van der Waals surface area contributed by atoms with E-state index in [4.69, 9.17) is 9.47 Å². The molecule has 3 rings (SSSR count). The molecule has 144 valence electrons. The normalized spacial score (nSPS) is 18.3. The third kappa shape index (κ3) is 3.56. The number of ether oxygens (including phenoxy) is 2. The van der Waals surface area contributed by atoms with Gasteiger partial charge < -0.3 is 19.3 Å². The third-order valence-corrected chi connectivity index (χ3v) is 4.55. The summed E-state index contributed by atoms with van der Waals surface area (Å²) < 4.78 is 12.3. The number of piperazine rings is 1. The zero-order valence-electron chi connectivity index (χ0n) is 16.1. The molecular weight excluding hydrogens is 338 g/mol. The van der Waals surface area contributed by atoms with Crippen molar-refractivity contribution < 1.29 is 19.1 Å². The number of hydrogen-bond donors (Lipinski definition) is 0. The SMILES string of the molecule is Cc1c(N2CCOC2=O)c(N2CCN(C(=O)OC(C)(C)C)CC2)nn1C. The van der Waals surface area contributed by atoms with Crippen LogP contribution in [-0.2, 0) is 16.5 Å². The minimum Gasteiger partial charge on any atom is -0.447 e. The number of aryl methyl sites for hydroxylation is 1. The molecule has 0 radical (unpaired) electrons. The maximum Gasteiger partial charge on any atom is 0.414 e. The quantitative estimate of drug-likeness (QED) is 0.794. The van der Waals surface area contributed by atoms with Gasteiger partial charge in [-0.2, -0.15) is 5.10 Å². The first-order valence-electron chi connectivity index (χ1n) is 8.88. The molecule has 26 heavy (non-hydrogen) atoms. The van der Waals surface area contributed by atoms with Crippen LogP contribution in [0.5, 0.6) is 0 Å². The Kier molecular flexibility index (Phi) is 4.72. The van der Waals surface area contributed by atoms with E-state index in [-0.39, 0.29) is 12.2 Å². The standard InChI is InChI=1S/C17H27N5O4/c1-12-13(22-10-11-25-16(22)24)14(18-19(12)5)20-6-8-21(9-7-20)15(23)26-17(2,3)4/h6-11H2,1-5H3. The Morgan fingerprint density at radius 3 is 2.35 bits per heavy atom. The van der Waals surface area contributed by atoms with Gasteiger partial charge in [0.05, 0.1) is 12.2 Å². The number of hydrogen-bond acceptors (Lipinski definition) is 6. The summed E-state index contributed by atoms with van der Waals surface area (Å²) in [5.41, 5.74) is 1.20. The molecule has 0 aliphatic carbocycles. The van der Waals surface area contributed by atoms with Crippen molar-refractivity contribution in [3.63, 3.8) is 0 Å². The summed E-state index contributed by atoms with van der Waals surface area (Å²) in [6.07, 6.45) is -0.632. The summed E-state index contributed by atoms with van der Waals surface area (Å²) in [5.74, 6) is 0.757. The summed E-state index contributed by atoms with van der Waals surface area (Å²) in [6.45, 7) is 10.8. The minimum absolute atomic E-state index is 0.294. The van der Waals surface area contributed by atoms with Crippen LogP contribution in [0.2, 0.25) is 0 Å². The second-order valence-corrected chi connectivity index (χ2v) is 7.60. The highest BCUT2D eigenvalue weighted by Crippen LogP contribution is 2.34. The molecule has 1 aromatic heterocycles. The number of carbonyl (C=O) groups is 2. The van der Waals surface area contributed by atoms with Gasteiger partial charge in [-0.3, -0.25) is 9.58 Å². The number of nitrogens with zero attached hydrogens (tertiary/aromatic N) is 5. The van der Waals surface area contributed by atoms with Gasteiger partial charge in [0, 0.05) is 33.2 Å². The largest absolute Gasteiger partial charge is 0.447 e. The second-order valence-electron chi connectivity index (χ2n) is 7.60. The number of cyclic esters (lactones) is 1. The molecule has 2 aliphatic rings. The van der Waals surface area contributed by atoms with Crippen molar-refractivity contribution in [1.82, 2.24) is 14.7 Å². The summed E-state index contributed by atoms with van der Waals surface area (Å²) in [4.78, 5) is 29.7. The monoisotopic (exact) mass is 365 g/mol. The molecular formula is C17H27N5O4. The fourth-order valence-corrected chi connectivity index (χ4v) is 3.13. The van der Waals surface area contributed by atoms with Gasteiger partial charge in [-0.25, -0.2) is 9.59 Å². The van der Waals surface area contributed by atoms with Gasteiger partial charge in [0.25, 0.3) is 0 Å². The second kappa shape index (κ2) is 6.69. The molecule has 9 nitrogen and oxygen atoms in total. The third-order valence-electron chi connectivity index (χ3n) is 4.55. The van der Waals surface area contributed by atoms with Crippen LogP contribution < -0.4 is 9.80 Å². The van der Waals surface area contributed by atoms with Crippen molar-refractivity contribution in [2.24, 2.45) is 7.05 Å². The summed E-state index contributed by atoms with van der Waals surface area (Å²) >= 11 is 0. The average molecular weight is 365 g/mol. The molecule has 0 atom stereocenters. The Balaban J connectivity index is 1.73. The number of amides is 2. The van der Waals surface area contributed by atoms with Crippen LogP contribution in [0.25, 0.3) is 0 Å². The highest BCUT2D eigenvalue weighted by atomic mass is 16.6. The molecule has 0 aromatic carbocycles. The first-order chi connectivity index (χ1) is 12.2. The lowest BCUT2D eigenvalue weighted by molar-refractivity contribution is 0.0240. The average Bonchev–Trinajstić information content (AvgIpc) is 3.10. The molecule has 0 saturated carbocycles. The molecule has 2 amide bonds. The fourth-order valence-electron chi connectivity index (χ4n) is 3.13. The predicted molar refractivity (Wildman–Crippen MR) is 96.7 cm³/mol. The first-order valence-corrected chi connectivity index (χ1v) is 8.88. The molecule has 1 aromatic rings. The lowest BCUT2D eigenvalue weighted by Crippen LogP contribution is -2.50. The smallest absolute Gasteiger partial charge is 0.414 e. The topological polar surface area (TPSA) is 80.1 Å². The van der Waals surface area contributed by atoms with Gasteiger partial charge in [-0.15, -0.1) is 0 Å². The summed E-state index contributed by atoms with van der Waals surface area (Å²) in [6, 6.07) is 0. The van der Waals surface area contributed by atoms with E-state index in [1.54, 1.807) is 14.5 Å². The zero-order chi connectivity index (χ0) is 19.1. The van der Waals surface area contributed by atoms with Crippen LogP contribution in [0.4, 0.5) is 21.1 Å².